The van der Waals surface area contributed by atoms with Gasteiger partial charge in [0.05, 0.1) is 16.4 Å². The first-order valence-electron chi connectivity index (χ1n) is 6.51. The monoisotopic (exact) mass is 262 g/mol. The van der Waals surface area contributed by atoms with Crippen molar-refractivity contribution in [1.29, 1.82) is 0 Å². The summed E-state index contributed by atoms with van der Waals surface area (Å²) < 4.78 is 0. The van der Waals surface area contributed by atoms with Crippen molar-refractivity contribution in [2.75, 3.05) is 0 Å². The summed E-state index contributed by atoms with van der Waals surface area (Å²) in [6, 6.07) is 3.95. The van der Waals surface area contributed by atoms with E-state index >= 15 is 0 Å². The van der Waals surface area contributed by atoms with Crippen LogP contribution in [0.1, 0.15) is 45.7 Å². The van der Waals surface area contributed by atoms with Crippen LogP contribution in [0, 0.1) is 6.92 Å². The smallest absolute Gasteiger partial charge is 0.0851 e. The van der Waals surface area contributed by atoms with E-state index in [1.54, 1.807) is 18.0 Å². The average Bonchev–Trinajstić information content (AvgIpc) is 2.38. The van der Waals surface area contributed by atoms with E-state index in [2.05, 4.69) is 31.8 Å². The highest BCUT2D eigenvalue weighted by atomic mass is 32.2. The molecule has 0 radical (unpaired) electrons. The minimum Gasteiger partial charge on any atom is -0.259 e. The first kappa shape index (κ1) is 15.0. The average molecular weight is 262 g/mol. The standard InChI is InChI=1S/C15H22N2S/c1-5-7-9-12(3)18-15(6-2)17-14-10-8-11-16-13(14)4/h8-11H,5-7H2,1-4H3/b12-9-,17-15?. The summed E-state index contributed by atoms with van der Waals surface area (Å²) in [5, 5.41) is 1.15. The third-order valence-electron chi connectivity index (χ3n) is 2.53. The predicted octanol–water partition coefficient (Wildman–Crippen LogP) is 5.27. The summed E-state index contributed by atoms with van der Waals surface area (Å²) in [7, 11) is 0. The second-order valence-electron chi connectivity index (χ2n) is 4.17. The van der Waals surface area contributed by atoms with Crippen LogP contribution in [0.3, 0.4) is 0 Å². The number of allylic oxidation sites excluding steroid dienone is 2. The van der Waals surface area contributed by atoms with Gasteiger partial charge in [-0.2, -0.15) is 0 Å². The van der Waals surface area contributed by atoms with Crippen molar-refractivity contribution < 1.29 is 0 Å². The van der Waals surface area contributed by atoms with Gasteiger partial charge in [-0.3, -0.25) is 4.98 Å². The Bertz CT molecular complexity index is 436. The molecule has 0 bridgehead atoms. The van der Waals surface area contributed by atoms with Crippen molar-refractivity contribution in [3.8, 4) is 0 Å². The highest BCUT2D eigenvalue weighted by Crippen LogP contribution is 2.24. The molecule has 0 N–H and O–H groups in total. The predicted molar refractivity (Wildman–Crippen MR) is 82.6 cm³/mol. The quantitative estimate of drug-likeness (QED) is 0.533. The van der Waals surface area contributed by atoms with Crippen molar-refractivity contribution in [3.63, 3.8) is 0 Å². The van der Waals surface area contributed by atoms with Crippen molar-refractivity contribution in [2.45, 2.75) is 47.0 Å². The van der Waals surface area contributed by atoms with Crippen molar-refractivity contribution in [2.24, 2.45) is 4.99 Å². The molecule has 0 aromatic carbocycles. The first-order valence-corrected chi connectivity index (χ1v) is 7.32. The lowest BCUT2D eigenvalue weighted by molar-refractivity contribution is 0.955. The molecule has 0 saturated heterocycles. The van der Waals surface area contributed by atoms with Crippen LogP contribution in [-0.4, -0.2) is 10.0 Å². The van der Waals surface area contributed by atoms with Crippen LogP contribution < -0.4 is 0 Å². The molecule has 1 rings (SSSR count). The first-order chi connectivity index (χ1) is 8.67. The summed E-state index contributed by atoms with van der Waals surface area (Å²) in [6.45, 7) is 8.49. The van der Waals surface area contributed by atoms with E-state index in [-0.39, 0.29) is 0 Å². The second-order valence-corrected chi connectivity index (χ2v) is 5.49. The van der Waals surface area contributed by atoms with Crippen LogP contribution >= 0.6 is 11.8 Å². The lowest BCUT2D eigenvalue weighted by Gasteiger charge is -2.05. The summed E-state index contributed by atoms with van der Waals surface area (Å²) in [6.07, 6.45) is 7.38. The van der Waals surface area contributed by atoms with Crippen LogP contribution in [0.15, 0.2) is 34.3 Å². The summed E-state index contributed by atoms with van der Waals surface area (Å²) in [4.78, 5) is 10.3. The third kappa shape index (κ3) is 5.05. The maximum atomic E-state index is 4.70. The molecule has 1 heterocycles. The fourth-order valence-electron chi connectivity index (χ4n) is 1.48. The van der Waals surface area contributed by atoms with E-state index in [0.29, 0.717) is 0 Å². The summed E-state index contributed by atoms with van der Waals surface area (Å²) in [5.74, 6) is 0. The molecular formula is C15H22N2S. The van der Waals surface area contributed by atoms with Crippen molar-refractivity contribution >= 4 is 22.5 Å². The molecule has 0 unspecified atom stereocenters. The number of aryl methyl sites for hydroxylation is 1. The fourth-order valence-corrected chi connectivity index (χ4v) is 2.34. The molecule has 1 aromatic rings. The number of aliphatic imine (C=N–C) groups is 1. The maximum Gasteiger partial charge on any atom is 0.0851 e. The second kappa shape index (κ2) is 8.09. The Morgan fingerprint density at radius 3 is 2.83 bits per heavy atom. The number of pyridine rings is 1. The topological polar surface area (TPSA) is 25.2 Å². The number of hydrogen-bond donors (Lipinski definition) is 0. The Balaban J connectivity index is 2.81. The van der Waals surface area contributed by atoms with E-state index in [1.165, 1.54) is 11.3 Å². The molecule has 3 heteroatoms. The van der Waals surface area contributed by atoms with Gasteiger partial charge in [-0.1, -0.05) is 38.1 Å². The molecule has 2 nitrogen and oxygen atoms in total. The molecule has 0 aliphatic carbocycles. The molecule has 0 saturated carbocycles. The van der Waals surface area contributed by atoms with Gasteiger partial charge in [-0.15, -0.1) is 0 Å². The minimum absolute atomic E-state index is 0.955. The Kier molecular flexibility index (Phi) is 6.73. The molecule has 18 heavy (non-hydrogen) atoms. The third-order valence-corrected chi connectivity index (χ3v) is 3.63. The van der Waals surface area contributed by atoms with Gasteiger partial charge in [0.1, 0.15) is 0 Å². The zero-order chi connectivity index (χ0) is 13.4. The van der Waals surface area contributed by atoms with E-state index in [1.807, 2.05) is 19.1 Å². The largest absolute Gasteiger partial charge is 0.259 e. The number of rotatable bonds is 5. The number of aromatic nitrogens is 1. The molecule has 98 valence electrons. The molecule has 0 aliphatic heterocycles. The molecule has 0 amide bonds. The van der Waals surface area contributed by atoms with E-state index in [4.69, 9.17) is 4.99 Å². The molecule has 1 aromatic heterocycles. The number of unbranched alkanes of at least 4 members (excludes halogenated alkanes) is 1. The molecule has 0 aliphatic rings. The Labute approximate surface area is 115 Å². The van der Waals surface area contributed by atoms with Gasteiger partial charge < -0.3 is 0 Å². The van der Waals surface area contributed by atoms with E-state index < -0.39 is 0 Å². The van der Waals surface area contributed by atoms with Gasteiger partial charge in [0.25, 0.3) is 0 Å². The Morgan fingerprint density at radius 2 is 2.22 bits per heavy atom. The van der Waals surface area contributed by atoms with Crippen LogP contribution in [0.2, 0.25) is 0 Å². The molecule has 0 spiro atoms. The molecular weight excluding hydrogens is 240 g/mol. The zero-order valence-corrected chi connectivity index (χ0v) is 12.5. The van der Waals surface area contributed by atoms with Crippen LogP contribution in [0.4, 0.5) is 5.69 Å². The Hall–Kier alpha value is -1.09. The highest BCUT2D eigenvalue weighted by molar-refractivity contribution is 8.17. The van der Waals surface area contributed by atoms with Crippen LogP contribution in [0.5, 0.6) is 0 Å². The van der Waals surface area contributed by atoms with Crippen molar-refractivity contribution in [3.05, 3.63) is 35.0 Å². The minimum atomic E-state index is 0.955. The number of hydrogen-bond acceptors (Lipinski definition) is 3. The van der Waals surface area contributed by atoms with Crippen LogP contribution in [0.25, 0.3) is 0 Å². The highest BCUT2D eigenvalue weighted by Gasteiger charge is 2.02. The number of thioether (sulfide) groups is 1. The fraction of sp³-hybridized carbons (Fsp3) is 0.467. The van der Waals surface area contributed by atoms with Gasteiger partial charge in [-0.25, -0.2) is 4.99 Å². The number of nitrogens with zero attached hydrogens (tertiary/aromatic N) is 2. The van der Waals surface area contributed by atoms with Crippen LogP contribution in [-0.2, 0) is 0 Å². The lowest BCUT2D eigenvalue weighted by atomic mass is 10.3. The van der Waals surface area contributed by atoms with Gasteiger partial charge in [0.15, 0.2) is 0 Å². The molecule has 0 fully saturated rings. The summed E-state index contributed by atoms with van der Waals surface area (Å²) in [5.41, 5.74) is 1.96. The normalized spacial score (nSPS) is 12.9. The van der Waals surface area contributed by atoms with Gasteiger partial charge in [0.2, 0.25) is 0 Å². The Morgan fingerprint density at radius 1 is 1.44 bits per heavy atom. The maximum absolute atomic E-state index is 4.70. The van der Waals surface area contributed by atoms with Gasteiger partial charge >= 0.3 is 0 Å². The van der Waals surface area contributed by atoms with Gasteiger partial charge in [0, 0.05) is 6.20 Å². The SMILES string of the molecule is CCC/C=C(/C)SC(CC)=Nc1cccnc1C. The molecule has 0 atom stereocenters. The van der Waals surface area contributed by atoms with Gasteiger partial charge in [-0.05, 0) is 43.7 Å². The van der Waals surface area contributed by atoms with E-state index in [9.17, 15) is 0 Å². The van der Waals surface area contributed by atoms with E-state index in [0.717, 1.165) is 29.3 Å². The summed E-state index contributed by atoms with van der Waals surface area (Å²) >= 11 is 1.77. The zero-order valence-electron chi connectivity index (χ0n) is 11.7. The van der Waals surface area contributed by atoms with Crippen molar-refractivity contribution in [1.82, 2.24) is 4.98 Å². The lowest BCUT2D eigenvalue weighted by Crippen LogP contribution is -1.90.